The number of nitriles is 1. The molecule has 0 radical (unpaired) electrons. The molecule has 3 aromatic carbocycles. The van der Waals surface area contributed by atoms with Crippen molar-refractivity contribution in [1.82, 2.24) is 0 Å². The molecule has 1 unspecified atom stereocenters. The summed E-state index contributed by atoms with van der Waals surface area (Å²) in [5.41, 5.74) is 9.33. The van der Waals surface area contributed by atoms with Crippen LogP contribution in [0.2, 0.25) is 0 Å². The summed E-state index contributed by atoms with van der Waals surface area (Å²) in [6.07, 6.45) is 0. The van der Waals surface area contributed by atoms with Crippen molar-refractivity contribution in [1.29, 1.82) is 5.26 Å². The van der Waals surface area contributed by atoms with Gasteiger partial charge in [-0.15, -0.1) is 0 Å². The molecular formula is C25H19BrN2O4. The molecule has 6 nitrogen and oxygen atoms in total. The molecule has 1 heterocycles. The maximum Gasteiger partial charge on any atom is 0.343 e. The summed E-state index contributed by atoms with van der Waals surface area (Å²) in [6.45, 7) is 1.94. The lowest BCUT2D eigenvalue weighted by molar-refractivity contribution is 0.0734. The normalized spacial score (nSPS) is 14.8. The number of ether oxygens (including phenoxy) is 3. The molecule has 0 saturated carbocycles. The lowest BCUT2D eigenvalue weighted by Crippen LogP contribution is -2.21. The van der Waals surface area contributed by atoms with Crippen LogP contribution in [0.15, 0.2) is 76.6 Å². The van der Waals surface area contributed by atoms with E-state index in [1.54, 1.807) is 37.4 Å². The predicted octanol–water partition coefficient (Wildman–Crippen LogP) is 5.20. The van der Waals surface area contributed by atoms with Gasteiger partial charge in [0.15, 0.2) is 0 Å². The van der Waals surface area contributed by atoms with E-state index in [9.17, 15) is 10.1 Å². The van der Waals surface area contributed by atoms with Gasteiger partial charge in [-0.25, -0.2) is 4.79 Å². The van der Waals surface area contributed by atoms with Gasteiger partial charge in [0, 0.05) is 21.7 Å². The molecule has 0 aliphatic carbocycles. The van der Waals surface area contributed by atoms with Gasteiger partial charge in [-0.1, -0.05) is 39.7 Å². The molecule has 1 aliphatic rings. The number of allylic oxidation sites excluding steroid dienone is 1. The lowest BCUT2D eigenvalue weighted by atomic mass is 9.83. The molecule has 4 rings (SSSR count). The Labute approximate surface area is 194 Å². The number of methoxy groups -OCH3 is 1. The fourth-order valence-corrected chi connectivity index (χ4v) is 3.98. The number of hydrogen-bond acceptors (Lipinski definition) is 6. The molecular weight excluding hydrogens is 472 g/mol. The summed E-state index contributed by atoms with van der Waals surface area (Å²) in [7, 11) is 1.57. The van der Waals surface area contributed by atoms with E-state index >= 15 is 0 Å². The molecule has 2 N–H and O–H groups in total. The van der Waals surface area contributed by atoms with Gasteiger partial charge in [0.2, 0.25) is 5.88 Å². The van der Waals surface area contributed by atoms with Gasteiger partial charge < -0.3 is 19.9 Å². The number of hydrogen-bond donors (Lipinski definition) is 1. The second-order valence-corrected chi connectivity index (χ2v) is 8.18. The molecule has 0 amide bonds. The standard InChI is InChI=1S/C25H19BrN2O4/c1-14-3-5-15(6-4-14)25(29)31-17-8-9-18-22(12-17)32-24(28)20(13-27)23(18)19-11-16(26)7-10-21(19)30-2/h3-12,23H,28H2,1-2H3. The van der Waals surface area contributed by atoms with E-state index in [0.29, 0.717) is 28.4 Å². The molecule has 0 fully saturated rings. The van der Waals surface area contributed by atoms with E-state index in [0.717, 1.165) is 15.6 Å². The smallest absolute Gasteiger partial charge is 0.343 e. The fourth-order valence-electron chi connectivity index (χ4n) is 3.61. The van der Waals surface area contributed by atoms with Crippen LogP contribution >= 0.6 is 15.9 Å². The first-order chi connectivity index (χ1) is 15.4. The van der Waals surface area contributed by atoms with Crippen LogP contribution in [0.1, 0.15) is 33.0 Å². The first-order valence-corrected chi connectivity index (χ1v) is 10.5. The highest BCUT2D eigenvalue weighted by Gasteiger charge is 2.33. The number of aryl methyl sites for hydroxylation is 1. The first-order valence-electron chi connectivity index (χ1n) is 9.75. The lowest BCUT2D eigenvalue weighted by Gasteiger charge is -2.27. The summed E-state index contributed by atoms with van der Waals surface area (Å²) < 4.78 is 17.6. The number of carbonyl (C=O) groups excluding carboxylic acids is 1. The van der Waals surface area contributed by atoms with Gasteiger partial charge >= 0.3 is 5.97 Å². The van der Waals surface area contributed by atoms with E-state index in [1.165, 1.54) is 0 Å². The molecule has 32 heavy (non-hydrogen) atoms. The summed E-state index contributed by atoms with van der Waals surface area (Å²) >= 11 is 3.48. The van der Waals surface area contributed by atoms with Gasteiger partial charge in [0.1, 0.15) is 28.9 Å². The number of nitrogens with two attached hydrogens (primary N) is 1. The van der Waals surface area contributed by atoms with E-state index in [1.807, 2.05) is 37.3 Å². The number of carbonyl (C=O) groups is 1. The van der Waals surface area contributed by atoms with Crippen LogP contribution in [0.3, 0.4) is 0 Å². The Morgan fingerprint density at radius 2 is 1.84 bits per heavy atom. The largest absolute Gasteiger partial charge is 0.496 e. The number of fused-ring (bicyclic) bond motifs is 1. The average Bonchev–Trinajstić information content (AvgIpc) is 2.78. The summed E-state index contributed by atoms with van der Waals surface area (Å²) in [5.74, 6) is 0.339. The third kappa shape index (κ3) is 4.05. The molecule has 0 bridgehead atoms. The SMILES string of the molecule is COc1ccc(Br)cc1C1C(C#N)=C(N)Oc2cc(OC(=O)c3ccc(C)cc3)ccc21. The van der Waals surface area contributed by atoms with Crippen LogP contribution in [-0.2, 0) is 0 Å². The van der Waals surface area contributed by atoms with Crippen molar-refractivity contribution in [2.45, 2.75) is 12.8 Å². The van der Waals surface area contributed by atoms with Gasteiger partial charge in [-0.05, 0) is 43.3 Å². The highest BCUT2D eigenvalue weighted by molar-refractivity contribution is 9.10. The summed E-state index contributed by atoms with van der Waals surface area (Å²) in [4.78, 5) is 12.5. The van der Waals surface area contributed by atoms with Gasteiger partial charge in [-0.2, -0.15) is 5.26 Å². The topological polar surface area (TPSA) is 94.6 Å². The van der Waals surface area contributed by atoms with E-state index in [2.05, 4.69) is 22.0 Å². The Hall–Kier alpha value is -3.76. The van der Waals surface area contributed by atoms with Crippen LogP contribution < -0.4 is 19.9 Å². The van der Waals surface area contributed by atoms with Crippen molar-refractivity contribution in [3.63, 3.8) is 0 Å². The Morgan fingerprint density at radius 3 is 2.53 bits per heavy atom. The molecule has 3 aromatic rings. The minimum atomic E-state index is -0.502. The highest BCUT2D eigenvalue weighted by atomic mass is 79.9. The highest BCUT2D eigenvalue weighted by Crippen LogP contribution is 2.46. The maximum absolute atomic E-state index is 12.5. The van der Waals surface area contributed by atoms with Gasteiger partial charge in [-0.3, -0.25) is 0 Å². The molecule has 0 spiro atoms. The molecule has 160 valence electrons. The fraction of sp³-hybridized carbons (Fsp3) is 0.120. The first kappa shape index (κ1) is 21.5. The van der Waals surface area contributed by atoms with Crippen LogP contribution in [0, 0.1) is 18.3 Å². The van der Waals surface area contributed by atoms with Crippen molar-refractivity contribution in [3.05, 3.63) is 98.8 Å². The minimum absolute atomic E-state index is 0.00552. The zero-order valence-corrected chi connectivity index (χ0v) is 19.0. The summed E-state index contributed by atoms with van der Waals surface area (Å²) in [5, 5.41) is 9.78. The van der Waals surface area contributed by atoms with Gasteiger partial charge in [0.25, 0.3) is 0 Å². The van der Waals surface area contributed by atoms with Crippen LogP contribution in [0.4, 0.5) is 0 Å². The predicted molar refractivity (Wildman–Crippen MR) is 123 cm³/mol. The maximum atomic E-state index is 12.5. The monoisotopic (exact) mass is 490 g/mol. The van der Waals surface area contributed by atoms with Crippen LogP contribution in [0.5, 0.6) is 17.2 Å². The molecule has 1 atom stereocenters. The van der Waals surface area contributed by atoms with E-state index in [4.69, 9.17) is 19.9 Å². The van der Waals surface area contributed by atoms with Crippen molar-refractivity contribution < 1.29 is 19.0 Å². The third-order valence-corrected chi connectivity index (χ3v) is 5.68. The number of benzene rings is 3. The Balaban J connectivity index is 1.73. The zero-order chi connectivity index (χ0) is 22.8. The molecule has 1 aliphatic heterocycles. The second-order valence-electron chi connectivity index (χ2n) is 7.27. The van der Waals surface area contributed by atoms with Crippen molar-refractivity contribution >= 4 is 21.9 Å². The van der Waals surface area contributed by atoms with Crippen molar-refractivity contribution in [2.24, 2.45) is 5.73 Å². The van der Waals surface area contributed by atoms with Crippen LogP contribution in [0.25, 0.3) is 0 Å². The third-order valence-electron chi connectivity index (χ3n) is 5.19. The molecule has 0 aromatic heterocycles. The van der Waals surface area contributed by atoms with Gasteiger partial charge in [0.05, 0.1) is 18.6 Å². The van der Waals surface area contributed by atoms with E-state index < -0.39 is 11.9 Å². The summed E-state index contributed by atoms with van der Waals surface area (Å²) in [6, 6.07) is 19.9. The van der Waals surface area contributed by atoms with Crippen molar-refractivity contribution in [3.8, 4) is 23.3 Å². The Kier molecular flexibility index (Phi) is 5.89. The number of halogens is 1. The number of rotatable bonds is 4. The second kappa shape index (κ2) is 8.77. The Morgan fingerprint density at radius 1 is 1.09 bits per heavy atom. The number of nitrogens with zero attached hydrogens (tertiary/aromatic N) is 1. The zero-order valence-electron chi connectivity index (χ0n) is 17.4. The average molecular weight is 491 g/mol. The molecule has 0 saturated heterocycles. The quantitative estimate of drug-likeness (QED) is 0.398. The number of esters is 1. The van der Waals surface area contributed by atoms with E-state index in [-0.39, 0.29) is 11.5 Å². The molecule has 7 heteroatoms. The van der Waals surface area contributed by atoms with Crippen LogP contribution in [-0.4, -0.2) is 13.1 Å². The minimum Gasteiger partial charge on any atom is -0.496 e. The van der Waals surface area contributed by atoms with Crippen molar-refractivity contribution in [2.75, 3.05) is 7.11 Å². The Bertz CT molecular complexity index is 1280.